The van der Waals surface area contributed by atoms with Gasteiger partial charge in [0.15, 0.2) is 0 Å². The predicted molar refractivity (Wildman–Crippen MR) is 82.0 cm³/mol. The SMILES string of the molecule is CC(C)NCc1ccc(COc2ccc(F)cc2Cl)s1. The minimum atomic E-state index is -0.361. The van der Waals surface area contributed by atoms with E-state index in [9.17, 15) is 4.39 Å². The lowest BCUT2D eigenvalue weighted by atomic mass is 10.3. The first-order valence-corrected chi connectivity index (χ1v) is 7.63. The van der Waals surface area contributed by atoms with E-state index in [0.717, 1.165) is 11.4 Å². The lowest BCUT2D eigenvalue weighted by Gasteiger charge is -2.07. The van der Waals surface area contributed by atoms with Gasteiger partial charge in [0, 0.05) is 22.3 Å². The number of ether oxygens (including phenoxy) is 1. The van der Waals surface area contributed by atoms with Crippen molar-refractivity contribution in [3.05, 3.63) is 50.9 Å². The molecule has 20 heavy (non-hydrogen) atoms. The largest absolute Gasteiger partial charge is 0.487 e. The number of hydrogen-bond donors (Lipinski definition) is 1. The predicted octanol–water partition coefficient (Wildman–Crippen LogP) is 4.62. The third kappa shape index (κ3) is 4.47. The van der Waals surface area contributed by atoms with Gasteiger partial charge in [-0.25, -0.2) is 4.39 Å². The Morgan fingerprint density at radius 1 is 1.25 bits per heavy atom. The first-order valence-electron chi connectivity index (χ1n) is 6.43. The summed E-state index contributed by atoms with van der Waals surface area (Å²) in [7, 11) is 0. The maximum Gasteiger partial charge on any atom is 0.138 e. The molecule has 0 radical (unpaired) electrons. The van der Waals surface area contributed by atoms with Crippen molar-refractivity contribution in [1.82, 2.24) is 5.32 Å². The molecule has 0 fully saturated rings. The van der Waals surface area contributed by atoms with Crippen molar-refractivity contribution in [3.63, 3.8) is 0 Å². The Balaban J connectivity index is 1.90. The molecule has 1 aromatic carbocycles. The van der Waals surface area contributed by atoms with Gasteiger partial charge in [-0.2, -0.15) is 0 Å². The van der Waals surface area contributed by atoms with Gasteiger partial charge >= 0.3 is 0 Å². The van der Waals surface area contributed by atoms with Crippen LogP contribution < -0.4 is 10.1 Å². The van der Waals surface area contributed by atoms with Crippen LogP contribution in [-0.4, -0.2) is 6.04 Å². The summed E-state index contributed by atoms with van der Waals surface area (Å²) in [5.74, 6) is 0.142. The average molecular weight is 314 g/mol. The summed E-state index contributed by atoms with van der Waals surface area (Å²) in [6.45, 7) is 5.54. The second kappa shape index (κ2) is 7.07. The Morgan fingerprint density at radius 3 is 2.70 bits per heavy atom. The molecule has 2 nitrogen and oxygen atoms in total. The third-order valence-electron chi connectivity index (χ3n) is 2.67. The Labute approximate surface area is 127 Å². The second-order valence-corrected chi connectivity index (χ2v) is 6.43. The van der Waals surface area contributed by atoms with Crippen molar-refractivity contribution in [2.75, 3.05) is 0 Å². The van der Waals surface area contributed by atoms with Crippen LogP contribution in [0.1, 0.15) is 23.6 Å². The smallest absolute Gasteiger partial charge is 0.138 e. The number of halogens is 2. The first-order chi connectivity index (χ1) is 9.54. The lowest BCUT2D eigenvalue weighted by molar-refractivity contribution is 0.309. The van der Waals surface area contributed by atoms with Crippen molar-refractivity contribution in [2.24, 2.45) is 0 Å². The van der Waals surface area contributed by atoms with Gasteiger partial charge in [-0.1, -0.05) is 25.4 Å². The molecule has 0 saturated heterocycles. The van der Waals surface area contributed by atoms with Gasteiger partial charge in [0.05, 0.1) is 5.02 Å². The summed E-state index contributed by atoms with van der Waals surface area (Å²) in [6, 6.07) is 8.74. The monoisotopic (exact) mass is 313 g/mol. The molecule has 0 unspecified atom stereocenters. The van der Waals surface area contributed by atoms with E-state index >= 15 is 0 Å². The highest BCUT2D eigenvalue weighted by Gasteiger charge is 2.05. The number of rotatable bonds is 6. The van der Waals surface area contributed by atoms with E-state index < -0.39 is 0 Å². The van der Waals surface area contributed by atoms with E-state index in [0.29, 0.717) is 23.4 Å². The third-order valence-corrected chi connectivity index (χ3v) is 4.02. The zero-order valence-corrected chi connectivity index (χ0v) is 13.0. The molecule has 1 aromatic heterocycles. The Bertz CT molecular complexity index is 571. The van der Waals surface area contributed by atoms with Crippen LogP contribution in [0.5, 0.6) is 5.75 Å². The molecule has 0 atom stereocenters. The van der Waals surface area contributed by atoms with Crippen molar-refractivity contribution in [3.8, 4) is 5.75 Å². The van der Waals surface area contributed by atoms with Crippen LogP contribution in [0.2, 0.25) is 5.02 Å². The average Bonchev–Trinajstić information content (AvgIpc) is 2.83. The maximum absolute atomic E-state index is 12.9. The van der Waals surface area contributed by atoms with Gasteiger partial charge < -0.3 is 10.1 Å². The van der Waals surface area contributed by atoms with Crippen LogP contribution in [0.4, 0.5) is 4.39 Å². The van der Waals surface area contributed by atoms with E-state index in [4.69, 9.17) is 16.3 Å². The zero-order chi connectivity index (χ0) is 14.5. The Hall–Kier alpha value is -1.10. The van der Waals surface area contributed by atoms with Crippen LogP contribution in [0.15, 0.2) is 30.3 Å². The zero-order valence-electron chi connectivity index (χ0n) is 11.5. The van der Waals surface area contributed by atoms with Gasteiger partial charge in [-0.05, 0) is 30.3 Å². The topological polar surface area (TPSA) is 21.3 Å². The summed E-state index contributed by atoms with van der Waals surface area (Å²) in [6.07, 6.45) is 0. The molecule has 0 saturated carbocycles. The van der Waals surface area contributed by atoms with Crippen LogP contribution >= 0.6 is 22.9 Å². The summed E-state index contributed by atoms with van der Waals surface area (Å²) in [5, 5.41) is 3.67. The molecule has 0 aliphatic heterocycles. The van der Waals surface area contributed by atoms with E-state index in [-0.39, 0.29) is 5.82 Å². The normalized spacial score (nSPS) is 11.1. The molecule has 2 rings (SSSR count). The summed E-state index contributed by atoms with van der Waals surface area (Å²) < 4.78 is 18.5. The fourth-order valence-corrected chi connectivity index (χ4v) is 2.74. The van der Waals surface area contributed by atoms with Gasteiger partial charge in [0.25, 0.3) is 0 Å². The molecule has 0 aliphatic rings. The van der Waals surface area contributed by atoms with Crippen LogP contribution in [-0.2, 0) is 13.2 Å². The molecule has 0 amide bonds. The van der Waals surface area contributed by atoms with E-state index in [1.54, 1.807) is 17.4 Å². The summed E-state index contributed by atoms with van der Waals surface area (Å²) in [5.41, 5.74) is 0. The standard InChI is InChI=1S/C15H17ClFNOS/c1-10(2)18-8-12-4-5-13(20-12)9-19-15-6-3-11(17)7-14(15)16/h3-7,10,18H,8-9H2,1-2H3. The molecule has 2 aromatic rings. The highest BCUT2D eigenvalue weighted by atomic mass is 35.5. The lowest BCUT2D eigenvalue weighted by Crippen LogP contribution is -2.21. The molecule has 1 N–H and O–H groups in total. The first kappa shape index (κ1) is 15.3. The van der Waals surface area contributed by atoms with E-state index in [2.05, 4.69) is 25.2 Å². The molecule has 0 spiro atoms. The van der Waals surface area contributed by atoms with Gasteiger partial charge in [0.2, 0.25) is 0 Å². The van der Waals surface area contributed by atoms with Crippen LogP contribution in [0.3, 0.4) is 0 Å². The van der Waals surface area contributed by atoms with Crippen molar-refractivity contribution in [2.45, 2.75) is 33.0 Å². The molecular formula is C15H17ClFNOS. The Kier molecular flexibility index (Phi) is 5.40. The minimum Gasteiger partial charge on any atom is -0.487 e. The number of nitrogens with one attached hydrogen (secondary N) is 1. The van der Waals surface area contributed by atoms with Crippen molar-refractivity contribution >= 4 is 22.9 Å². The fourth-order valence-electron chi connectivity index (χ4n) is 1.64. The molecule has 5 heteroatoms. The van der Waals surface area contributed by atoms with Crippen LogP contribution in [0.25, 0.3) is 0 Å². The minimum absolute atomic E-state index is 0.295. The molecule has 0 bridgehead atoms. The quantitative estimate of drug-likeness (QED) is 0.840. The number of thiophene rings is 1. The van der Waals surface area contributed by atoms with Crippen molar-refractivity contribution in [1.29, 1.82) is 0 Å². The summed E-state index contributed by atoms with van der Waals surface area (Å²) >= 11 is 7.61. The molecule has 1 heterocycles. The van der Waals surface area contributed by atoms with E-state index in [1.165, 1.54) is 17.0 Å². The molecule has 108 valence electrons. The van der Waals surface area contributed by atoms with E-state index in [1.807, 2.05) is 6.07 Å². The summed E-state index contributed by atoms with van der Waals surface area (Å²) in [4.78, 5) is 2.38. The Morgan fingerprint density at radius 2 is 2.00 bits per heavy atom. The maximum atomic E-state index is 12.9. The highest BCUT2D eigenvalue weighted by molar-refractivity contribution is 7.11. The van der Waals surface area contributed by atoms with Gasteiger partial charge in [-0.3, -0.25) is 0 Å². The molecule has 0 aliphatic carbocycles. The molecular weight excluding hydrogens is 297 g/mol. The van der Waals surface area contributed by atoms with Gasteiger partial charge in [-0.15, -0.1) is 11.3 Å². The second-order valence-electron chi connectivity index (χ2n) is 4.77. The highest BCUT2D eigenvalue weighted by Crippen LogP contribution is 2.26. The number of benzene rings is 1. The van der Waals surface area contributed by atoms with Crippen molar-refractivity contribution < 1.29 is 9.13 Å². The van der Waals surface area contributed by atoms with Crippen LogP contribution in [0, 0.1) is 5.82 Å². The number of hydrogen-bond acceptors (Lipinski definition) is 3. The van der Waals surface area contributed by atoms with Gasteiger partial charge in [0.1, 0.15) is 18.2 Å². The fraction of sp³-hybridized carbons (Fsp3) is 0.333.